The van der Waals surface area contributed by atoms with E-state index >= 15 is 0 Å². The molecule has 0 saturated carbocycles. The standard InChI is InChI=1S/C31H38N2O5/c1-4-20-18-33-12-11-30-29-25(15-22(16-27(29)36-3)21-9-7-6-8-10-21)32-31(30,38-14-13-37-30)28(33)17-24(20)23(5-2)26(35)19-34/h5-10,15-16,20,24,28,32,34H,4,11-14,17-19H2,1-3H3/b23-5+/t20-,24+,28+,30+,31+/m1/s1. The Balaban J connectivity index is 1.47. The molecule has 0 amide bonds. The van der Waals surface area contributed by atoms with Gasteiger partial charge >= 0.3 is 0 Å². The van der Waals surface area contributed by atoms with Gasteiger partial charge in [-0.2, -0.15) is 0 Å². The number of nitrogens with one attached hydrogen (secondary N) is 1. The summed E-state index contributed by atoms with van der Waals surface area (Å²) in [6.07, 6.45) is 4.42. The number of aliphatic hydroxyl groups is 1. The highest BCUT2D eigenvalue weighted by atomic mass is 16.6. The predicted octanol–water partition coefficient (Wildman–Crippen LogP) is 4.35. The van der Waals surface area contributed by atoms with Crippen molar-refractivity contribution in [2.45, 2.75) is 50.5 Å². The summed E-state index contributed by atoms with van der Waals surface area (Å²) in [6, 6.07) is 14.6. The summed E-state index contributed by atoms with van der Waals surface area (Å²) in [5.74, 6) is 1.01. The molecule has 4 aliphatic heterocycles. The number of benzene rings is 2. The molecule has 3 saturated heterocycles. The molecule has 0 bridgehead atoms. The van der Waals surface area contributed by atoms with Crippen molar-refractivity contribution < 1.29 is 24.1 Å². The normalized spacial score (nSPS) is 32.4. The van der Waals surface area contributed by atoms with Crippen molar-refractivity contribution in [2.24, 2.45) is 11.8 Å². The number of anilines is 1. The van der Waals surface area contributed by atoms with Gasteiger partial charge in [-0.25, -0.2) is 0 Å². The zero-order chi connectivity index (χ0) is 26.5. The Morgan fingerprint density at radius 2 is 2.00 bits per heavy atom. The number of ketones is 1. The molecule has 5 atom stereocenters. The van der Waals surface area contributed by atoms with Gasteiger partial charge in [0.25, 0.3) is 0 Å². The first-order chi connectivity index (χ1) is 18.5. The van der Waals surface area contributed by atoms with Gasteiger partial charge in [0.2, 0.25) is 0 Å². The molecular formula is C31H38N2O5. The van der Waals surface area contributed by atoms with Crippen LogP contribution >= 0.6 is 0 Å². The van der Waals surface area contributed by atoms with Crippen LogP contribution in [0.5, 0.6) is 5.75 Å². The van der Waals surface area contributed by atoms with E-state index in [0.29, 0.717) is 19.1 Å². The van der Waals surface area contributed by atoms with Gasteiger partial charge in [-0.05, 0) is 60.4 Å². The predicted molar refractivity (Wildman–Crippen MR) is 146 cm³/mol. The molecule has 4 heterocycles. The number of ether oxygens (including phenoxy) is 3. The molecule has 0 spiro atoms. The molecule has 2 aromatic carbocycles. The minimum Gasteiger partial charge on any atom is -0.496 e. The van der Waals surface area contributed by atoms with E-state index in [4.69, 9.17) is 14.2 Å². The number of hydrogen-bond acceptors (Lipinski definition) is 7. The molecule has 0 unspecified atom stereocenters. The molecule has 2 N–H and O–H groups in total. The van der Waals surface area contributed by atoms with Crippen LogP contribution in [-0.2, 0) is 19.9 Å². The van der Waals surface area contributed by atoms with Crippen molar-refractivity contribution in [1.82, 2.24) is 4.90 Å². The van der Waals surface area contributed by atoms with E-state index in [2.05, 4.69) is 41.4 Å². The number of Topliss-reactive ketones (excluding diaryl/α,β-unsaturated/α-hetero) is 1. The lowest BCUT2D eigenvalue weighted by atomic mass is 9.66. The Morgan fingerprint density at radius 1 is 1.21 bits per heavy atom. The summed E-state index contributed by atoms with van der Waals surface area (Å²) in [5, 5.41) is 13.6. The average molecular weight is 519 g/mol. The van der Waals surface area contributed by atoms with Gasteiger partial charge in [-0.3, -0.25) is 9.69 Å². The summed E-state index contributed by atoms with van der Waals surface area (Å²) in [4.78, 5) is 15.3. The van der Waals surface area contributed by atoms with Crippen LogP contribution in [0.4, 0.5) is 5.69 Å². The van der Waals surface area contributed by atoms with E-state index < -0.39 is 17.9 Å². The number of fused-ring (bicyclic) bond motifs is 2. The zero-order valence-electron chi connectivity index (χ0n) is 22.5. The summed E-state index contributed by atoms with van der Waals surface area (Å²) >= 11 is 0. The summed E-state index contributed by atoms with van der Waals surface area (Å²) in [6.45, 7) is 6.42. The second-order valence-corrected chi connectivity index (χ2v) is 10.9. The fourth-order valence-electron chi connectivity index (χ4n) is 7.73. The molecule has 0 aromatic heterocycles. The lowest BCUT2D eigenvalue weighted by molar-refractivity contribution is -0.297. The molecular weight excluding hydrogens is 480 g/mol. The van der Waals surface area contributed by atoms with Crippen LogP contribution in [0.25, 0.3) is 11.1 Å². The van der Waals surface area contributed by atoms with Crippen LogP contribution in [0.15, 0.2) is 54.1 Å². The summed E-state index contributed by atoms with van der Waals surface area (Å²) in [7, 11) is 1.72. The highest BCUT2D eigenvalue weighted by Crippen LogP contribution is 2.62. The quantitative estimate of drug-likeness (QED) is 0.550. The van der Waals surface area contributed by atoms with Crippen molar-refractivity contribution >= 4 is 11.5 Å². The first-order valence-electron chi connectivity index (χ1n) is 13.9. The van der Waals surface area contributed by atoms with Gasteiger partial charge in [0.05, 0.1) is 31.9 Å². The minimum absolute atomic E-state index is 0.0110. The fraction of sp³-hybridized carbons (Fsp3) is 0.516. The van der Waals surface area contributed by atoms with Gasteiger partial charge in [0.15, 0.2) is 11.5 Å². The van der Waals surface area contributed by atoms with E-state index in [9.17, 15) is 9.90 Å². The van der Waals surface area contributed by atoms with Crippen molar-refractivity contribution in [3.05, 3.63) is 59.7 Å². The van der Waals surface area contributed by atoms with E-state index in [0.717, 1.165) is 66.1 Å². The third-order valence-electron chi connectivity index (χ3n) is 9.39. The third kappa shape index (κ3) is 3.59. The number of piperidine rings is 2. The Morgan fingerprint density at radius 3 is 2.71 bits per heavy atom. The van der Waals surface area contributed by atoms with Crippen molar-refractivity contribution in [2.75, 3.05) is 45.3 Å². The fourth-order valence-corrected chi connectivity index (χ4v) is 7.73. The first-order valence-corrected chi connectivity index (χ1v) is 13.9. The monoisotopic (exact) mass is 518 g/mol. The second kappa shape index (κ2) is 9.79. The van der Waals surface area contributed by atoms with Crippen LogP contribution in [-0.4, -0.2) is 67.6 Å². The maximum Gasteiger partial charge on any atom is 0.188 e. The van der Waals surface area contributed by atoms with Gasteiger partial charge in [0, 0.05) is 18.8 Å². The van der Waals surface area contributed by atoms with Crippen molar-refractivity contribution in [3.63, 3.8) is 0 Å². The van der Waals surface area contributed by atoms with E-state index in [1.54, 1.807) is 7.11 Å². The molecule has 0 aliphatic carbocycles. The Bertz CT molecular complexity index is 1250. The third-order valence-corrected chi connectivity index (χ3v) is 9.39. The van der Waals surface area contributed by atoms with Crippen LogP contribution in [0.2, 0.25) is 0 Å². The lowest BCUT2D eigenvalue weighted by Crippen LogP contribution is -2.75. The molecule has 4 aliphatic rings. The maximum atomic E-state index is 12.8. The Hall–Kier alpha value is -2.71. The molecule has 38 heavy (non-hydrogen) atoms. The molecule has 7 heteroatoms. The van der Waals surface area contributed by atoms with Gasteiger partial charge in [-0.1, -0.05) is 49.8 Å². The zero-order valence-corrected chi connectivity index (χ0v) is 22.5. The van der Waals surface area contributed by atoms with E-state index in [-0.39, 0.29) is 17.7 Å². The number of carbonyl (C=O) groups excluding carboxylic acids is 1. The van der Waals surface area contributed by atoms with E-state index in [1.807, 2.05) is 31.2 Å². The first kappa shape index (κ1) is 25.6. The van der Waals surface area contributed by atoms with Gasteiger partial charge in [-0.15, -0.1) is 0 Å². The van der Waals surface area contributed by atoms with Crippen molar-refractivity contribution in [3.8, 4) is 16.9 Å². The van der Waals surface area contributed by atoms with Crippen LogP contribution < -0.4 is 10.1 Å². The SMILES string of the molecule is C/C=C(/C(=O)CO)[C@H]1C[C@@H]2N(CC[C@@]34OCCO[C@@]23Nc2cc(-c3ccccc3)cc(OC)c24)C[C@H]1CC. The molecule has 0 radical (unpaired) electrons. The largest absolute Gasteiger partial charge is 0.496 e. The number of rotatable bonds is 6. The summed E-state index contributed by atoms with van der Waals surface area (Å²) in [5.41, 5.74) is 3.46. The van der Waals surface area contributed by atoms with Crippen LogP contribution in [0.3, 0.4) is 0 Å². The number of carbonyl (C=O) groups is 1. The lowest BCUT2D eigenvalue weighted by Gasteiger charge is -2.61. The average Bonchev–Trinajstić information content (AvgIpc) is 3.28. The molecule has 3 fully saturated rings. The topological polar surface area (TPSA) is 80.3 Å². The van der Waals surface area contributed by atoms with Crippen molar-refractivity contribution in [1.29, 1.82) is 0 Å². The van der Waals surface area contributed by atoms with Crippen LogP contribution in [0.1, 0.15) is 38.7 Å². The Kier molecular flexibility index (Phi) is 6.59. The summed E-state index contributed by atoms with van der Waals surface area (Å²) < 4.78 is 19.6. The second-order valence-electron chi connectivity index (χ2n) is 10.9. The number of allylic oxidation sites excluding steroid dienone is 1. The molecule has 7 nitrogen and oxygen atoms in total. The highest BCUT2D eigenvalue weighted by Gasteiger charge is 2.70. The number of hydrogen-bond donors (Lipinski definition) is 2. The highest BCUT2D eigenvalue weighted by molar-refractivity contribution is 5.96. The van der Waals surface area contributed by atoms with E-state index in [1.165, 1.54) is 0 Å². The number of methoxy groups -OCH3 is 1. The number of aliphatic hydroxyl groups excluding tert-OH is 1. The maximum absolute atomic E-state index is 12.8. The minimum atomic E-state index is -0.799. The molecule has 202 valence electrons. The number of nitrogens with zero attached hydrogens (tertiary/aromatic N) is 1. The smallest absolute Gasteiger partial charge is 0.188 e. The van der Waals surface area contributed by atoms with Gasteiger partial charge in [0.1, 0.15) is 18.0 Å². The van der Waals surface area contributed by atoms with Gasteiger partial charge < -0.3 is 24.6 Å². The molecule has 2 aromatic rings. The molecule has 6 rings (SSSR count). The van der Waals surface area contributed by atoms with Crippen LogP contribution in [0, 0.1) is 11.8 Å². The Labute approximate surface area is 224 Å².